The second kappa shape index (κ2) is 8.66. The van der Waals surface area contributed by atoms with Gasteiger partial charge >= 0.3 is 0 Å². The highest BCUT2D eigenvalue weighted by atomic mass is 35.5. The summed E-state index contributed by atoms with van der Waals surface area (Å²) in [6.45, 7) is 0. The Morgan fingerprint density at radius 3 is 2.07 bits per heavy atom. The first kappa shape index (κ1) is 21.1. The molecule has 0 aromatic heterocycles. The topological polar surface area (TPSA) is 103 Å². The smallest absolute Gasteiger partial charge is 0.266 e. The van der Waals surface area contributed by atoms with Crippen molar-refractivity contribution in [3.63, 3.8) is 0 Å². The van der Waals surface area contributed by atoms with E-state index in [0.717, 1.165) is 6.07 Å². The first-order valence-electron chi connectivity index (χ1n) is 7.30. The molecular weight excluding hydrogens is 419 g/mol. The SMILES string of the molecule is COc1cc(C(=O)NNS(=O)(=O)c2cc(Cl)ccc2Cl)cc(OC)c1OC. The van der Waals surface area contributed by atoms with E-state index in [2.05, 4.69) is 5.43 Å². The number of hydrazine groups is 1. The van der Waals surface area contributed by atoms with Crippen LogP contribution in [-0.4, -0.2) is 35.7 Å². The van der Waals surface area contributed by atoms with Crippen LogP contribution in [0.3, 0.4) is 0 Å². The van der Waals surface area contributed by atoms with E-state index in [0.29, 0.717) is 5.75 Å². The fraction of sp³-hybridized carbons (Fsp3) is 0.188. The zero-order valence-corrected chi connectivity index (χ0v) is 16.8. The molecule has 2 N–H and O–H groups in total. The van der Waals surface area contributed by atoms with Gasteiger partial charge in [-0.3, -0.25) is 10.2 Å². The molecule has 146 valence electrons. The molecular formula is C16H16Cl2N2O6S. The third kappa shape index (κ3) is 4.75. The fourth-order valence-corrected chi connectivity index (χ4v) is 3.74. The van der Waals surface area contributed by atoms with Gasteiger partial charge in [0.2, 0.25) is 5.75 Å². The minimum absolute atomic E-state index is 0.0473. The maximum absolute atomic E-state index is 12.4. The van der Waals surface area contributed by atoms with Crippen LogP contribution in [0.2, 0.25) is 10.0 Å². The van der Waals surface area contributed by atoms with Crippen molar-refractivity contribution < 1.29 is 27.4 Å². The largest absolute Gasteiger partial charge is 0.493 e. The molecule has 0 unspecified atom stereocenters. The fourth-order valence-electron chi connectivity index (χ4n) is 2.14. The first-order valence-corrected chi connectivity index (χ1v) is 9.54. The summed E-state index contributed by atoms with van der Waals surface area (Å²) in [7, 11) is 0.0568. The molecule has 2 rings (SSSR count). The molecule has 8 nitrogen and oxygen atoms in total. The molecule has 0 aliphatic carbocycles. The number of nitrogens with one attached hydrogen (secondary N) is 2. The van der Waals surface area contributed by atoms with Gasteiger partial charge in [0.05, 0.1) is 26.4 Å². The van der Waals surface area contributed by atoms with E-state index in [1.165, 1.54) is 45.6 Å². The molecule has 0 saturated carbocycles. The van der Waals surface area contributed by atoms with Crippen molar-refractivity contribution in [2.75, 3.05) is 21.3 Å². The molecule has 2 aromatic carbocycles. The molecule has 0 aliphatic heterocycles. The summed E-state index contributed by atoms with van der Waals surface area (Å²) < 4.78 is 40.2. The van der Waals surface area contributed by atoms with Crippen molar-refractivity contribution in [3.05, 3.63) is 45.9 Å². The zero-order chi connectivity index (χ0) is 20.2. The van der Waals surface area contributed by atoms with E-state index in [1.807, 2.05) is 4.83 Å². The summed E-state index contributed by atoms with van der Waals surface area (Å²) in [5.74, 6) is 0.0179. The highest BCUT2D eigenvalue weighted by Crippen LogP contribution is 2.38. The van der Waals surface area contributed by atoms with E-state index in [-0.39, 0.29) is 32.0 Å². The number of hydrogen-bond donors (Lipinski definition) is 2. The number of benzene rings is 2. The Labute approximate surface area is 166 Å². The van der Waals surface area contributed by atoms with Crippen LogP contribution >= 0.6 is 23.2 Å². The van der Waals surface area contributed by atoms with Crippen LogP contribution in [0.25, 0.3) is 0 Å². The Morgan fingerprint density at radius 2 is 1.56 bits per heavy atom. The van der Waals surface area contributed by atoms with E-state index >= 15 is 0 Å². The van der Waals surface area contributed by atoms with Crippen LogP contribution in [0.4, 0.5) is 0 Å². The summed E-state index contributed by atoms with van der Waals surface area (Å²) in [6, 6.07) is 6.68. The summed E-state index contributed by atoms with van der Waals surface area (Å²) >= 11 is 11.7. The van der Waals surface area contributed by atoms with Gasteiger partial charge in [-0.05, 0) is 30.3 Å². The van der Waals surface area contributed by atoms with Gasteiger partial charge in [0.15, 0.2) is 11.5 Å². The number of carbonyl (C=O) groups excluding carboxylic acids is 1. The quantitative estimate of drug-likeness (QED) is 0.649. The minimum atomic E-state index is -4.15. The molecule has 0 bridgehead atoms. The second-order valence-electron chi connectivity index (χ2n) is 5.05. The summed E-state index contributed by atoms with van der Waals surface area (Å²) in [6.07, 6.45) is 0. The summed E-state index contributed by atoms with van der Waals surface area (Å²) in [4.78, 5) is 14.0. The van der Waals surface area contributed by atoms with Crippen molar-refractivity contribution in [1.82, 2.24) is 10.3 Å². The third-order valence-corrected chi connectivity index (χ3v) is 5.37. The van der Waals surface area contributed by atoms with Gasteiger partial charge in [-0.25, -0.2) is 8.42 Å². The minimum Gasteiger partial charge on any atom is -0.493 e. The van der Waals surface area contributed by atoms with Crippen molar-refractivity contribution in [2.24, 2.45) is 0 Å². The van der Waals surface area contributed by atoms with Gasteiger partial charge in [0, 0.05) is 10.6 Å². The summed E-state index contributed by atoms with van der Waals surface area (Å²) in [5.41, 5.74) is 2.17. The number of ether oxygens (including phenoxy) is 3. The van der Waals surface area contributed by atoms with Crippen LogP contribution in [0, 0.1) is 0 Å². The van der Waals surface area contributed by atoms with Gasteiger partial charge in [-0.1, -0.05) is 23.2 Å². The molecule has 11 heteroatoms. The number of amides is 1. The van der Waals surface area contributed by atoms with Crippen molar-refractivity contribution >= 4 is 39.1 Å². The Balaban J connectivity index is 2.26. The average molecular weight is 435 g/mol. The molecule has 1 amide bonds. The number of sulfonamides is 1. The molecule has 2 aromatic rings. The predicted octanol–water partition coefficient (Wildman–Crippen LogP) is 2.64. The lowest BCUT2D eigenvalue weighted by Crippen LogP contribution is -2.41. The lowest BCUT2D eigenvalue weighted by Gasteiger charge is -2.14. The second-order valence-corrected chi connectivity index (χ2v) is 7.54. The molecule has 0 radical (unpaired) electrons. The Kier molecular flexibility index (Phi) is 6.77. The van der Waals surface area contributed by atoms with Crippen molar-refractivity contribution in [3.8, 4) is 17.2 Å². The Hall–Kier alpha value is -2.20. The Bertz CT molecular complexity index is 940. The Morgan fingerprint density at radius 1 is 0.963 bits per heavy atom. The zero-order valence-electron chi connectivity index (χ0n) is 14.5. The van der Waals surface area contributed by atoms with E-state index < -0.39 is 15.9 Å². The van der Waals surface area contributed by atoms with Gasteiger partial charge in [-0.15, -0.1) is 4.83 Å². The predicted molar refractivity (Wildman–Crippen MR) is 100 cm³/mol. The standard InChI is InChI=1S/C16H16Cl2N2O6S/c1-24-12-6-9(7-13(25-2)15(12)26-3)16(21)19-20-27(22,23)14-8-10(17)4-5-11(14)18/h4-8,20H,1-3H3,(H,19,21). The summed E-state index contributed by atoms with van der Waals surface area (Å²) in [5, 5.41) is 0.129. The number of methoxy groups -OCH3 is 3. The van der Waals surface area contributed by atoms with Gasteiger partial charge in [0.25, 0.3) is 15.9 Å². The third-order valence-electron chi connectivity index (χ3n) is 3.41. The van der Waals surface area contributed by atoms with Crippen LogP contribution in [0.1, 0.15) is 10.4 Å². The van der Waals surface area contributed by atoms with Gasteiger partial charge in [-0.2, -0.15) is 0 Å². The molecule has 0 spiro atoms. The molecule has 0 fully saturated rings. The van der Waals surface area contributed by atoms with Crippen molar-refractivity contribution in [1.29, 1.82) is 0 Å². The van der Waals surface area contributed by atoms with E-state index in [4.69, 9.17) is 37.4 Å². The highest BCUT2D eigenvalue weighted by molar-refractivity contribution is 7.89. The molecule has 0 saturated heterocycles. The van der Waals surface area contributed by atoms with E-state index in [1.54, 1.807) is 0 Å². The first-order chi connectivity index (χ1) is 12.7. The number of rotatable bonds is 7. The monoisotopic (exact) mass is 434 g/mol. The maximum atomic E-state index is 12.4. The molecule has 27 heavy (non-hydrogen) atoms. The van der Waals surface area contributed by atoms with Crippen LogP contribution in [0.15, 0.2) is 35.2 Å². The van der Waals surface area contributed by atoms with Gasteiger partial charge < -0.3 is 14.2 Å². The normalized spacial score (nSPS) is 11.0. The number of halogens is 2. The maximum Gasteiger partial charge on any atom is 0.266 e. The number of hydrogen-bond acceptors (Lipinski definition) is 6. The lowest BCUT2D eigenvalue weighted by molar-refractivity contribution is 0.0944. The van der Waals surface area contributed by atoms with Crippen molar-refractivity contribution in [2.45, 2.75) is 4.90 Å². The molecule has 0 aliphatic rings. The van der Waals surface area contributed by atoms with Crippen LogP contribution < -0.4 is 24.5 Å². The number of carbonyl (C=O) groups is 1. The highest BCUT2D eigenvalue weighted by Gasteiger charge is 2.21. The van der Waals surface area contributed by atoms with Crippen LogP contribution in [0.5, 0.6) is 17.2 Å². The van der Waals surface area contributed by atoms with E-state index in [9.17, 15) is 13.2 Å². The molecule has 0 atom stereocenters. The van der Waals surface area contributed by atoms with Gasteiger partial charge in [0.1, 0.15) is 4.90 Å². The average Bonchev–Trinajstić information content (AvgIpc) is 2.66. The lowest BCUT2D eigenvalue weighted by atomic mass is 10.1. The molecule has 0 heterocycles. The van der Waals surface area contributed by atoms with Crippen LogP contribution in [-0.2, 0) is 10.0 Å².